The molecule has 0 aromatic carbocycles. The Morgan fingerprint density at radius 2 is 1.81 bits per heavy atom. The van der Waals surface area contributed by atoms with Gasteiger partial charge in [0.05, 0.1) is 0 Å². The first kappa shape index (κ1) is 19.1. The lowest BCUT2D eigenvalue weighted by molar-refractivity contribution is -0.127. The zero-order chi connectivity index (χ0) is 19.2. The minimum Gasteiger partial charge on any atom is -0.448 e. The lowest BCUT2D eigenvalue weighted by atomic mass is 10.2. The van der Waals surface area contributed by atoms with E-state index in [4.69, 9.17) is 4.74 Å². The quantitative estimate of drug-likeness (QED) is 0.748. The fourth-order valence-electron chi connectivity index (χ4n) is 3.33. The number of nitrogens with one attached hydrogen (secondary N) is 2. The van der Waals surface area contributed by atoms with Crippen LogP contribution in [0.4, 0.5) is 10.6 Å². The van der Waals surface area contributed by atoms with E-state index < -0.39 is 24.0 Å². The molecule has 0 radical (unpaired) electrons. The van der Waals surface area contributed by atoms with Gasteiger partial charge < -0.3 is 15.0 Å². The minimum atomic E-state index is -1.12. The Morgan fingerprint density at radius 1 is 1.11 bits per heavy atom. The number of nitrogens with zero attached hydrogens (tertiary/aromatic N) is 3. The summed E-state index contributed by atoms with van der Waals surface area (Å²) in [6.07, 6.45) is 5.09. The lowest BCUT2D eigenvalue weighted by Crippen LogP contribution is -2.47. The van der Waals surface area contributed by atoms with E-state index >= 15 is 0 Å². The highest BCUT2D eigenvalue weighted by atomic mass is 16.5. The number of anilines is 1. The van der Waals surface area contributed by atoms with Gasteiger partial charge in [-0.2, -0.15) is 0 Å². The van der Waals surface area contributed by atoms with Crippen LogP contribution in [0.2, 0.25) is 0 Å². The van der Waals surface area contributed by atoms with Crippen molar-refractivity contribution in [1.29, 1.82) is 0 Å². The van der Waals surface area contributed by atoms with Gasteiger partial charge in [-0.05, 0) is 44.7 Å². The maximum absolute atomic E-state index is 12.1. The maximum atomic E-state index is 12.1. The number of ether oxygens (including phenoxy) is 1. The summed E-state index contributed by atoms with van der Waals surface area (Å²) in [5.74, 6) is -0.715. The van der Waals surface area contributed by atoms with Crippen LogP contribution in [0.1, 0.15) is 55.9 Å². The number of hydrogen-bond acceptors (Lipinski definition) is 7. The van der Waals surface area contributed by atoms with E-state index in [2.05, 4.69) is 25.7 Å². The van der Waals surface area contributed by atoms with Crippen molar-refractivity contribution >= 4 is 23.7 Å². The SMILES string of the molecule is CC(OC(=O)c1ccc(N2CCCC2)nn1)C(=O)NC(=O)NC1CCCC1. The summed E-state index contributed by atoms with van der Waals surface area (Å²) >= 11 is 0. The molecule has 1 aromatic heterocycles. The molecule has 0 spiro atoms. The number of carbonyl (C=O) groups is 3. The number of imide groups is 1. The molecule has 9 heteroatoms. The molecule has 1 atom stereocenters. The molecule has 2 heterocycles. The molecule has 3 amide bonds. The van der Waals surface area contributed by atoms with Gasteiger partial charge in [-0.25, -0.2) is 9.59 Å². The third-order valence-corrected chi connectivity index (χ3v) is 4.87. The molecule has 1 unspecified atom stereocenters. The van der Waals surface area contributed by atoms with Crippen LogP contribution in [0, 0.1) is 0 Å². The van der Waals surface area contributed by atoms with Crippen LogP contribution in [0.25, 0.3) is 0 Å². The number of esters is 1. The van der Waals surface area contributed by atoms with Crippen molar-refractivity contribution in [3.8, 4) is 0 Å². The van der Waals surface area contributed by atoms with Gasteiger partial charge in [0, 0.05) is 19.1 Å². The van der Waals surface area contributed by atoms with Crippen molar-refractivity contribution in [1.82, 2.24) is 20.8 Å². The van der Waals surface area contributed by atoms with Gasteiger partial charge >= 0.3 is 12.0 Å². The van der Waals surface area contributed by atoms with Crippen LogP contribution in [-0.4, -0.2) is 53.3 Å². The second-order valence-corrected chi connectivity index (χ2v) is 6.96. The second kappa shape index (κ2) is 8.79. The molecule has 1 saturated heterocycles. The molecule has 1 aliphatic heterocycles. The van der Waals surface area contributed by atoms with E-state index in [1.165, 1.54) is 13.0 Å². The number of carbonyl (C=O) groups excluding carboxylic acids is 3. The van der Waals surface area contributed by atoms with E-state index in [-0.39, 0.29) is 11.7 Å². The molecular weight excluding hydrogens is 350 g/mol. The number of rotatable bonds is 5. The average molecular weight is 375 g/mol. The van der Waals surface area contributed by atoms with Crippen LogP contribution >= 0.6 is 0 Å². The average Bonchev–Trinajstić information content (AvgIpc) is 3.35. The normalized spacial score (nSPS) is 18.2. The first-order valence-corrected chi connectivity index (χ1v) is 9.44. The van der Waals surface area contributed by atoms with Crippen LogP contribution in [0.3, 0.4) is 0 Å². The zero-order valence-electron chi connectivity index (χ0n) is 15.4. The van der Waals surface area contributed by atoms with Gasteiger partial charge in [0.2, 0.25) is 0 Å². The summed E-state index contributed by atoms with van der Waals surface area (Å²) < 4.78 is 5.09. The highest BCUT2D eigenvalue weighted by molar-refractivity contribution is 5.98. The van der Waals surface area contributed by atoms with Crippen molar-refractivity contribution in [2.75, 3.05) is 18.0 Å². The van der Waals surface area contributed by atoms with Gasteiger partial charge in [-0.3, -0.25) is 10.1 Å². The van der Waals surface area contributed by atoms with Gasteiger partial charge in [0.1, 0.15) is 0 Å². The largest absolute Gasteiger partial charge is 0.448 e. The lowest BCUT2D eigenvalue weighted by Gasteiger charge is -2.16. The van der Waals surface area contributed by atoms with E-state index in [1.807, 2.05) is 0 Å². The van der Waals surface area contributed by atoms with Crippen LogP contribution < -0.4 is 15.5 Å². The molecule has 1 saturated carbocycles. The van der Waals surface area contributed by atoms with Crippen molar-refractivity contribution in [2.24, 2.45) is 0 Å². The molecule has 2 aliphatic rings. The standard InChI is InChI=1S/C18H25N5O4/c1-12(16(24)20-18(26)19-13-6-2-3-7-13)27-17(25)14-8-9-15(22-21-14)23-10-4-5-11-23/h8-9,12-13H,2-7,10-11H2,1H3,(H2,19,20,24,26). The monoisotopic (exact) mass is 375 g/mol. The fraction of sp³-hybridized carbons (Fsp3) is 0.611. The van der Waals surface area contributed by atoms with Crippen molar-refractivity contribution in [3.63, 3.8) is 0 Å². The van der Waals surface area contributed by atoms with E-state index in [0.29, 0.717) is 0 Å². The first-order valence-electron chi connectivity index (χ1n) is 9.44. The molecule has 9 nitrogen and oxygen atoms in total. The van der Waals surface area contributed by atoms with E-state index in [1.54, 1.807) is 6.07 Å². The maximum Gasteiger partial charge on any atom is 0.359 e. The van der Waals surface area contributed by atoms with E-state index in [9.17, 15) is 14.4 Å². The van der Waals surface area contributed by atoms with Crippen LogP contribution in [-0.2, 0) is 9.53 Å². The summed E-state index contributed by atoms with van der Waals surface area (Å²) in [5, 5.41) is 12.9. The van der Waals surface area contributed by atoms with Crippen LogP contribution in [0.15, 0.2) is 12.1 Å². The minimum absolute atomic E-state index is 0.0213. The molecular formula is C18H25N5O4. The summed E-state index contributed by atoms with van der Waals surface area (Å²) in [6.45, 7) is 3.26. The Morgan fingerprint density at radius 3 is 2.44 bits per heavy atom. The molecule has 27 heavy (non-hydrogen) atoms. The highest BCUT2D eigenvalue weighted by Crippen LogP contribution is 2.18. The Kier molecular flexibility index (Phi) is 6.20. The van der Waals surface area contributed by atoms with Gasteiger partial charge in [0.15, 0.2) is 17.6 Å². The molecule has 0 bridgehead atoms. The molecule has 1 aliphatic carbocycles. The second-order valence-electron chi connectivity index (χ2n) is 6.96. The van der Waals surface area contributed by atoms with Gasteiger partial charge in [-0.1, -0.05) is 12.8 Å². The Balaban J connectivity index is 1.47. The summed E-state index contributed by atoms with van der Waals surface area (Å²) in [6, 6.07) is 2.78. The summed E-state index contributed by atoms with van der Waals surface area (Å²) in [7, 11) is 0. The summed E-state index contributed by atoms with van der Waals surface area (Å²) in [5.41, 5.74) is 0.0213. The summed E-state index contributed by atoms with van der Waals surface area (Å²) in [4.78, 5) is 38.1. The van der Waals surface area contributed by atoms with Gasteiger partial charge in [-0.15, -0.1) is 10.2 Å². The van der Waals surface area contributed by atoms with Crippen LogP contribution in [0.5, 0.6) is 0 Å². The van der Waals surface area contributed by atoms with Crippen molar-refractivity contribution in [3.05, 3.63) is 17.8 Å². The third kappa shape index (κ3) is 5.15. The molecule has 2 fully saturated rings. The molecule has 146 valence electrons. The molecule has 3 rings (SSSR count). The Hall–Kier alpha value is -2.71. The topological polar surface area (TPSA) is 114 Å². The predicted octanol–water partition coefficient (Wildman–Crippen LogP) is 1.39. The third-order valence-electron chi connectivity index (χ3n) is 4.87. The zero-order valence-corrected chi connectivity index (χ0v) is 15.4. The molecule has 2 N–H and O–H groups in total. The Labute approximate surface area is 157 Å². The number of amides is 3. The van der Waals surface area contributed by atoms with Gasteiger partial charge in [0.25, 0.3) is 5.91 Å². The van der Waals surface area contributed by atoms with Crippen molar-refractivity contribution < 1.29 is 19.1 Å². The first-order chi connectivity index (χ1) is 13.0. The predicted molar refractivity (Wildman–Crippen MR) is 97.3 cm³/mol. The van der Waals surface area contributed by atoms with Crippen molar-refractivity contribution in [2.45, 2.75) is 57.6 Å². The number of urea groups is 1. The Bertz CT molecular complexity index is 681. The number of hydrogen-bond donors (Lipinski definition) is 2. The fourth-order valence-corrected chi connectivity index (χ4v) is 3.33. The smallest absolute Gasteiger partial charge is 0.359 e. The van der Waals surface area contributed by atoms with E-state index in [0.717, 1.165) is 57.4 Å². The molecule has 1 aromatic rings. The highest BCUT2D eigenvalue weighted by Gasteiger charge is 2.24. The number of aromatic nitrogens is 2.